The molecule has 0 unspecified atom stereocenters. The lowest BCUT2D eigenvalue weighted by molar-refractivity contribution is 0.100. The topological polar surface area (TPSA) is 73.0 Å². The maximum absolute atomic E-state index is 13.7. The second-order valence-electron chi connectivity index (χ2n) is 4.06. The van der Waals surface area contributed by atoms with E-state index in [1.807, 2.05) is 0 Å². The number of halogens is 2. The van der Waals surface area contributed by atoms with Crippen molar-refractivity contribution in [1.29, 1.82) is 0 Å². The van der Waals surface area contributed by atoms with Gasteiger partial charge in [0.1, 0.15) is 5.69 Å². The number of hydrogen-bond acceptors (Lipinski definition) is 5. The molecule has 0 aliphatic rings. The number of fused-ring (bicyclic) bond motifs is 1. The maximum atomic E-state index is 13.7. The van der Waals surface area contributed by atoms with Crippen LogP contribution in [-0.4, -0.2) is 30.3 Å². The molecule has 0 amide bonds. The quantitative estimate of drug-likeness (QED) is 0.534. The van der Waals surface area contributed by atoms with E-state index >= 15 is 0 Å². The van der Waals surface area contributed by atoms with E-state index in [-0.39, 0.29) is 22.6 Å². The monoisotopic (exact) mass is 291 g/mol. The van der Waals surface area contributed by atoms with Crippen molar-refractivity contribution in [2.75, 3.05) is 0 Å². The summed E-state index contributed by atoms with van der Waals surface area (Å²) in [5.41, 5.74) is 0.983. The molecule has 3 aromatic heterocycles. The number of aromatic nitrogens is 5. The Morgan fingerprint density at radius 2 is 2.15 bits per heavy atom. The molecule has 3 heterocycles. The van der Waals surface area contributed by atoms with E-state index in [1.54, 1.807) is 12.1 Å². The van der Waals surface area contributed by atoms with Gasteiger partial charge in [-0.15, -0.1) is 10.2 Å². The van der Waals surface area contributed by atoms with Crippen molar-refractivity contribution in [2.45, 2.75) is 6.92 Å². The van der Waals surface area contributed by atoms with Crippen molar-refractivity contribution in [2.24, 2.45) is 0 Å². The second kappa shape index (κ2) is 4.61. The van der Waals surface area contributed by atoms with E-state index in [1.165, 1.54) is 17.5 Å². The normalized spacial score (nSPS) is 10.9. The maximum Gasteiger partial charge on any atom is 0.223 e. The van der Waals surface area contributed by atoms with Crippen LogP contribution < -0.4 is 0 Å². The van der Waals surface area contributed by atoms with Crippen LogP contribution >= 0.6 is 11.6 Å². The standard InChI is InChI=1S/C12H7ClFN5O/c1-6(20)11-18-17-9-3-2-7(5-19(9)11)10-8(14)4-15-12(13)16-10/h2-5H,1H3. The van der Waals surface area contributed by atoms with Crippen LogP contribution in [-0.2, 0) is 0 Å². The Labute approximate surface area is 117 Å². The van der Waals surface area contributed by atoms with E-state index < -0.39 is 5.82 Å². The minimum absolute atomic E-state index is 0.0510. The van der Waals surface area contributed by atoms with Crippen molar-refractivity contribution in [3.63, 3.8) is 0 Å². The summed E-state index contributed by atoms with van der Waals surface area (Å²) in [6.07, 6.45) is 2.53. The molecule has 0 aromatic carbocycles. The van der Waals surface area contributed by atoms with Crippen molar-refractivity contribution in [3.05, 3.63) is 41.5 Å². The van der Waals surface area contributed by atoms with E-state index in [4.69, 9.17) is 11.6 Å². The highest BCUT2D eigenvalue weighted by atomic mass is 35.5. The summed E-state index contributed by atoms with van der Waals surface area (Å²) in [5, 5.41) is 7.58. The molecule has 0 radical (unpaired) electrons. The van der Waals surface area contributed by atoms with Gasteiger partial charge in [0.2, 0.25) is 11.1 Å². The molecule has 3 rings (SSSR count). The Morgan fingerprint density at radius 3 is 2.90 bits per heavy atom. The SMILES string of the molecule is CC(=O)c1nnc2ccc(-c3nc(Cl)ncc3F)cn12. The summed E-state index contributed by atoms with van der Waals surface area (Å²) in [7, 11) is 0. The van der Waals surface area contributed by atoms with Crippen LogP contribution in [0.15, 0.2) is 24.5 Å². The Kier molecular flexibility index (Phi) is 2.90. The highest BCUT2D eigenvalue weighted by Crippen LogP contribution is 2.22. The fraction of sp³-hybridized carbons (Fsp3) is 0.0833. The predicted octanol–water partition coefficient (Wildman–Crippen LogP) is 2.18. The van der Waals surface area contributed by atoms with Gasteiger partial charge in [-0.3, -0.25) is 9.20 Å². The molecular formula is C12H7ClFN5O. The van der Waals surface area contributed by atoms with Crippen LogP contribution in [0.1, 0.15) is 17.5 Å². The van der Waals surface area contributed by atoms with Gasteiger partial charge in [-0.05, 0) is 23.7 Å². The molecule has 100 valence electrons. The average Bonchev–Trinajstić information content (AvgIpc) is 2.84. The third kappa shape index (κ3) is 2.01. The van der Waals surface area contributed by atoms with Crippen LogP contribution in [0.3, 0.4) is 0 Å². The molecule has 0 fully saturated rings. The number of pyridine rings is 1. The van der Waals surface area contributed by atoms with Crippen LogP contribution in [0, 0.1) is 5.82 Å². The van der Waals surface area contributed by atoms with Crippen LogP contribution in [0.25, 0.3) is 16.9 Å². The van der Waals surface area contributed by atoms with Crippen LogP contribution in [0.2, 0.25) is 5.28 Å². The van der Waals surface area contributed by atoms with Gasteiger partial charge in [-0.2, -0.15) is 0 Å². The fourth-order valence-corrected chi connectivity index (χ4v) is 1.95. The van der Waals surface area contributed by atoms with Crippen molar-refractivity contribution in [1.82, 2.24) is 24.6 Å². The molecule has 3 aromatic rings. The van der Waals surface area contributed by atoms with Gasteiger partial charge < -0.3 is 0 Å². The molecule has 20 heavy (non-hydrogen) atoms. The first-order valence-electron chi connectivity index (χ1n) is 5.60. The summed E-state index contributed by atoms with van der Waals surface area (Å²) in [6, 6.07) is 3.24. The molecule has 8 heteroatoms. The Bertz CT molecular complexity index is 832. The summed E-state index contributed by atoms with van der Waals surface area (Å²) in [6.45, 7) is 1.38. The zero-order chi connectivity index (χ0) is 14.3. The lowest BCUT2D eigenvalue weighted by Gasteiger charge is -2.04. The largest absolute Gasteiger partial charge is 0.291 e. The summed E-state index contributed by atoms with van der Waals surface area (Å²) < 4.78 is 15.2. The molecule has 0 aliphatic carbocycles. The highest BCUT2D eigenvalue weighted by molar-refractivity contribution is 6.28. The highest BCUT2D eigenvalue weighted by Gasteiger charge is 2.13. The second-order valence-corrected chi connectivity index (χ2v) is 4.40. The number of rotatable bonds is 2. The number of nitrogens with zero attached hydrogens (tertiary/aromatic N) is 5. The number of ketones is 1. The van der Waals surface area contributed by atoms with Gasteiger partial charge in [-0.1, -0.05) is 0 Å². The third-order valence-corrected chi connectivity index (χ3v) is 2.89. The van der Waals surface area contributed by atoms with E-state index in [0.717, 1.165) is 6.20 Å². The first-order chi connectivity index (χ1) is 9.56. The number of carbonyl (C=O) groups excluding carboxylic acids is 1. The van der Waals surface area contributed by atoms with Gasteiger partial charge in [-0.25, -0.2) is 14.4 Å². The molecular weight excluding hydrogens is 285 g/mol. The molecule has 0 bridgehead atoms. The van der Waals surface area contributed by atoms with Gasteiger partial charge >= 0.3 is 0 Å². The lowest BCUT2D eigenvalue weighted by Crippen LogP contribution is -2.01. The zero-order valence-corrected chi connectivity index (χ0v) is 11.0. The molecule has 0 atom stereocenters. The fourth-order valence-electron chi connectivity index (χ4n) is 1.82. The number of Topliss-reactive ketones (excluding diaryl/α,β-unsaturated/α-hetero) is 1. The Morgan fingerprint density at radius 1 is 1.35 bits per heavy atom. The Balaban J connectivity index is 2.24. The molecule has 0 aliphatic heterocycles. The summed E-state index contributed by atoms with van der Waals surface area (Å²) in [4.78, 5) is 18.9. The molecule has 0 spiro atoms. The zero-order valence-electron chi connectivity index (χ0n) is 10.2. The average molecular weight is 292 g/mol. The third-order valence-electron chi connectivity index (χ3n) is 2.71. The molecule has 0 saturated heterocycles. The minimum Gasteiger partial charge on any atom is -0.291 e. The lowest BCUT2D eigenvalue weighted by atomic mass is 10.2. The van der Waals surface area contributed by atoms with E-state index in [0.29, 0.717) is 11.2 Å². The van der Waals surface area contributed by atoms with Gasteiger partial charge in [0.05, 0.1) is 6.20 Å². The van der Waals surface area contributed by atoms with Gasteiger partial charge in [0.25, 0.3) is 0 Å². The smallest absolute Gasteiger partial charge is 0.223 e. The van der Waals surface area contributed by atoms with Gasteiger partial charge in [0.15, 0.2) is 17.2 Å². The van der Waals surface area contributed by atoms with Crippen molar-refractivity contribution >= 4 is 23.0 Å². The van der Waals surface area contributed by atoms with E-state index in [9.17, 15) is 9.18 Å². The first-order valence-corrected chi connectivity index (χ1v) is 5.98. The van der Waals surface area contributed by atoms with Crippen LogP contribution in [0.5, 0.6) is 0 Å². The van der Waals surface area contributed by atoms with E-state index in [2.05, 4.69) is 20.2 Å². The first kappa shape index (κ1) is 12.6. The van der Waals surface area contributed by atoms with Gasteiger partial charge in [0, 0.05) is 18.7 Å². The minimum atomic E-state index is -0.605. The van der Waals surface area contributed by atoms with Crippen molar-refractivity contribution < 1.29 is 9.18 Å². The Hall–Kier alpha value is -2.41. The number of carbonyl (C=O) groups is 1. The summed E-state index contributed by atoms with van der Waals surface area (Å²) >= 11 is 5.67. The number of hydrogen-bond donors (Lipinski definition) is 0. The molecule has 0 saturated carbocycles. The van der Waals surface area contributed by atoms with Crippen LogP contribution in [0.4, 0.5) is 4.39 Å². The van der Waals surface area contributed by atoms with Crippen molar-refractivity contribution in [3.8, 4) is 11.3 Å². The summed E-state index contributed by atoms with van der Waals surface area (Å²) in [5.74, 6) is -0.676. The molecule has 6 nitrogen and oxygen atoms in total. The molecule has 0 N–H and O–H groups in total. The predicted molar refractivity (Wildman–Crippen MR) is 69.0 cm³/mol.